The third-order valence-corrected chi connectivity index (χ3v) is 3.28. The van der Waals surface area contributed by atoms with Crippen LogP contribution in [0.1, 0.15) is 40.0 Å². The highest BCUT2D eigenvalue weighted by atomic mass is 16.3. The summed E-state index contributed by atoms with van der Waals surface area (Å²) in [5, 5.41) is 12.1. The Hall–Kier alpha value is -0.610. The van der Waals surface area contributed by atoms with Crippen LogP contribution in [-0.2, 0) is 4.79 Å². The molecule has 4 heteroatoms. The SMILES string of the molecule is CC(C)N(CCCO)C(=O)C1(C)CCCN1. The van der Waals surface area contributed by atoms with Crippen molar-refractivity contribution in [2.75, 3.05) is 19.7 Å². The molecule has 1 aliphatic heterocycles. The first-order valence-corrected chi connectivity index (χ1v) is 6.18. The van der Waals surface area contributed by atoms with Crippen molar-refractivity contribution in [1.82, 2.24) is 10.2 Å². The molecule has 1 fully saturated rings. The average Bonchev–Trinajstić information content (AvgIpc) is 2.66. The van der Waals surface area contributed by atoms with Gasteiger partial charge in [0.2, 0.25) is 5.91 Å². The standard InChI is InChI=1S/C12H24N2O2/c1-10(2)14(8-5-9-15)11(16)12(3)6-4-7-13-12/h10,13,15H,4-9H2,1-3H3. The van der Waals surface area contributed by atoms with Gasteiger partial charge in [0.25, 0.3) is 0 Å². The van der Waals surface area contributed by atoms with Crippen LogP contribution < -0.4 is 5.32 Å². The number of carbonyl (C=O) groups is 1. The van der Waals surface area contributed by atoms with Crippen LogP contribution in [0.2, 0.25) is 0 Å². The van der Waals surface area contributed by atoms with Crippen LogP contribution in [0.25, 0.3) is 0 Å². The molecule has 1 atom stereocenters. The maximum Gasteiger partial charge on any atom is 0.242 e. The van der Waals surface area contributed by atoms with Gasteiger partial charge in [-0.05, 0) is 46.6 Å². The quantitative estimate of drug-likeness (QED) is 0.730. The van der Waals surface area contributed by atoms with Crippen LogP contribution in [0.5, 0.6) is 0 Å². The van der Waals surface area contributed by atoms with E-state index in [1.165, 1.54) is 0 Å². The van der Waals surface area contributed by atoms with Crippen molar-refractivity contribution in [2.24, 2.45) is 0 Å². The van der Waals surface area contributed by atoms with Crippen molar-refractivity contribution < 1.29 is 9.90 Å². The second-order valence-corrected chi connectivity index (χ2v) is 5.03. The van der Waals surface area contributed by atoms with Crippen molar-refractivity contribution in [3.63, 3.8) is 0 Å². The minimum atomic E-state index is -0.389. The number of nitrogens with zero attached hydrogens (tertiary/aromatic N) is 1. The number of hydrogen-bond acceptors (Lipinski definition) is 3. The smallest absolute Gasteiger partial charge is 0.242 e. The molecule has 2 N–H and O–H groups in total. The molecule has 0 aromatic rings. The Bertz CT molecular complexity index is 235. The summed E-state index contributed by atoms with van der Waals surface area (Å²) in [7, 11) is 0. The van der Waals surface area contributed by atoms with Gasteiger partial charge in [-0.1, -0.05) is 0 Å². The van der Waals surface area contributed by atoms with E-state index in [0.29, 0.717) is 13.0 Å². The minimum Gasteiger partial charge on any atom is -0.396 e. The molecule has 0 radical (unpaired) electrons. The van der Waals surface area contributed by atoms with Gasteiger partial charge < -0.3 is 15.3 Å². The Morgan fingerprint density at radius 2 is 2.25 bits per heavy atom. The summed E-state index contributed by atoms with van der Waals surface area (Å²) >= 11 is 0. The summed E-state index contributed by atoms with van der Waals surface area (Å²) in [4.78, 5) is 14.3. The molecule has 0 saturated carbocycles. The van der Waals surface area contributed by atoms with Crippen LogP contribution in [0.4, 0.5) is 0 Å². The number of aliphatic hydroxyl groups is 1. The van der Waals surface area contributed by atoms with Crippen molar-refractivity contribution in [2.45, 2.75) is 51.6 Å². The fourth-order valence-electron chi connectivity index (χ4n) is 2.23. The van der Waals surface area contributed by atoms with E-state index >= 15 is 0 Å². The Morgan fingerprint density at radius 1 is 1.56 bits per heavy atom. The van der Waals surface area contributed by atoms with Gasteiger partial charge in [-0.15, -0.1) is 0 Å². The first-order valence-electron chi connectivity index (χ1n) is 6.18. The maximum absolute atomic E-state index is 12.4. The van der Waals surface area contributed by atoms with E-state index in [9.17, 15) is 4.79 Å². The van der Waals surface area contributed by atoms with Gasteiger partial charge in [-0.3, -0.25) is 4.79 Å². The monoisotopic (exact) mass is 228 g/mol. The Balaban J connectivity index is 2.66. The van der Waals surface area contributed by atoms with Crippen molar-refractivity contribution in [1.29, 1.82) is 0 Å². The topological polar surface area (TPSA) is 52.6 Å². The minimum absolute atomic E-state index is 0.140. The lowest BCUT2D eigenvalue weighted by Crippen LogP contribution is -2.55. The number of aliphatic hydroxyl groups excluding tert-OH is 1. The lowest BCUT2D eigenvalue weighted by Gasteiger charge is -2.34. The first-order chi connectivity index (χ1) is 7.51. The number of nitrogens with one attached hydrogen (secondary N) is 1. The van der Waals surface area contributed by atoms with Crippen LogP contribution in [0, 0.1) is 0 Å². The molecule has 1 heterocycles. The normalized spacial score (nSPS) is 25.1. The van der Waals surface area contributed by atoms with E-state index in [0.717, 1.165) is 19.4 Å². The van der Waals surface area contributed by atoms with E-state index < -0.39 is 0 Å². The highest BCUT2D eigenvalue weighted by Crippen LogP contribution is 2.22. The van der Waals surface area contributed by atoms with Crippen LogP contribution >= 0.6 is 0 Å². The second-order valence-electron chi connectivity index (χ2n) is 5.03. The van der Waals surface area contributed by atoms with Gasteiger partial charge in [0.05, 0.1) is 5.54 Å². The fourth-order valence-corrected chi connectivity index (χ4v) is 2.23. The average molecular weight is 228 g/mol. The molecule has 1 amide bonds. The zero-order valence-corrected chi connectivity index (χ0v) is 10.6. The van der Waals surface area contributed by atoms with Crippen molar-refractivity contribution >= 4 is 5.91 Å². The lowest BCUT2D eigenvalue weighted by molar-refractivity contribution is -0.139. The van der Waals surface area contributed by atoms with Gasteiger partial charge >= 0.3 is 0 Å². The summed E-state index contributed by atoms with van der Waals surface area (Å²) in [6.45, 7) is 7.73. The van der Waals surface area contributed by atoms with Gasteiger partial charge in [-0.2, -0.15) is 0 Å². The maximum atomic E-state index is 12.4. The number of amides is 1. The second kappa shape index (κ2) is 5.64. The molecule has 0 aliphatic carbocycles. The van der Waals surface area contributed by atoms with Crippen LogP contribution in [-0.4, -0.2) is 47.2 Å². The summed E-state index contributed by atoms with van der Waals surface area (Å²) in [6, 6.07) is 0.193. The predicted molar refractivity (Wildman–Crippen MR) is 64.2 cm³/mol. The Labute approximate surface area is 98.0 Å². The van der Waals surface area contributed by atoms with E-state index in [4.69, 9.17) is 5.11 Å². The molecule has 1 rings (SSSR count). The van der Waals surface area contributed by atoms with Gasteiger partial charge in [0.15, 0.2) is 0 Å². The number of hydrogen-bond donors (Lipinski definition) is 2. The van der Waals surface area contributed by atoms with E-state index in [-0.39, 0.29) is 24.1 Å². The van der Waals surface area contributed by atoms with Crippen molar-refractivity contribution in [3.8, 4) is 0 Å². The predicted octanol–water partition coefficient (Wildman–Crippen LogP) is 0.748. The summed E-state index contributed by atoms with van der Waals surface area (Å²) in [5.74, 6) is 0.174. The molecular weight excluding hydrogens is 204 g/mol. The highest BCUT2D eigenvalue weighted by Gasteiger charge is 2.39. The number of carbonyl (C=O) groups excluding carboxylic acids is 1. The lowest BCUT2D eigenvalue weighted by atomic mass is 9.97. The molecule has 94 valence electrons. The molecular formula is C12H24N2O2. The van der Waals surface area contributed by atoms with Crippen LogP contribution in [0.15, 0.2) is 0 Å². The molecule has 4 nitrogen and oxygen atoms in total. The largest absolute Gasteiger partial charge is 0.396 e. The fraction of sp³-hybridized carbons (Fsp3) is 0.917. The van der Waals surface area contributed by atoms with Gasteiger partial charge in [-0.25, -0.2) is 0 Å². The summed E-state index contributed by atoms with van der Waals surface area (Å²) in [6.07, 6.45) is 2.63. The molecule has 1 aliphatic rings. The molecule has 16 heavy (non-hydrogen) atoms. The van der Waals surface area contributed by atoms with Crippen LogP contribution in [0.3, 0.4) is 0 Å². The number of rotatable bonds is 5. The molecule has 0 bridgehead atoms. The molecule has 0 aromatic carbocycles. The third-order valence-electron chi connectivity index (χ3n) is 3.28. The van der Waals surface area contributed by atoms with Gasteiger partial charge in [0.1, 0.15) is 0 Å². The van der Waals surface area contributed by atoms with E-state index in [2.05, 4.69) is 5.32 Å². The Morgan fingerprint density at radius 3 is 2.69 bits per heavy atom. The van der Waals surface area contributed by atoms with Gasteiger partial charge in [0, 0.05) is 19.2 Å². The van der Waals surface area contributed by atoms with E-state index in [1.807, 2.05) is 25.7 Å². The molecule has 1 unspecified atom stereocenters. The molecule has 0 spiro atoms. The summed E-state index contributed by atoms with van der Waals surface area (Å²) < 4.78 is 0. The van der Waals surface area contributed by atoms with E-state index in [1.54, 1.807) is 0 Å². The Kier molecular flexibility index (Phi) is 4.74. The summed E-state index contributed by atoms with van der Waals surface area (Å²) in [5.41, 5.74) is -0.389. The zero-order chi connectivity index (χ0) is 12.2. The molecule has 0 aromatic heterocycles. The zero-order valence-electron chi connectivity index (χ0n) is 10.6. The third kappa shape index (κ3) is 2.95. The molecule has 1 saturated heterocycles. The van der Waals surface area contributed by atoms with Crippen molar-refractivity contribution in [3.05, 3.63) is 0 Å². The highest BCUT2D eigenvalue weighted by molar-refractivity contribution is 5.86. The first kappa shape index (κ1) is 13.5.